The normalized spacial score (nSPS) is 15.5. The van der Waals surface area contributed by atoms with Gasteiger partial charge in [0.2, 0.25) is 5.95 Å². The first-order chi connectivity index (χ1) is 17.0. The van der Waals surface area contributed by atoms with Gasteiger partial charge in [-0.25, -0.2) is 9.97 Å². The third kappa shape index (κ3) is 4.91. The molecule has 3 heterocycles. The van der Waals surface area contributed by atoms with Gasteiger partial charge in [-0.3, -0.25) is 9.89 Å². The Kier molecular flexibility index (Phi) is 6.26. The molecule has 1 aliphatic rings. The van der Waals surface area contributed by atoms with Crippen molar-refractivity contribution < 1.29 is 4.79 Å². The number of H-pyrrole nitrogens is 1. The molecule has 5 rings (SSSR count). The second-order valence-corrected chi connectivity index (χ2v) is 9.13. The van der Waals surface area contributed by atoms with Crippen LogP contribution in [0.25, 0.3) is 11.3 Å². The fraction of sp³-hybridized carbons (Fsp3) is 0.360. The van der Waals surface area contributed by atoms with E-state index in [1.54, 1.807) is 17.2 Å². The molecule has 10 heteroatoms. The van der Waals surface area contributed by atoms with Gasteiger partial charge in [0.05, 0.1) is 41.6 Å². The Labute approximate surface area is 203 Å². The molecule has 0 aliphatic heterocycles. The standard InChI is InChI=1S/C25H29N9O/c1-15(2)34-28-14-23(33-34)24(35)29-21-7-5-4-6-17-12-18(8-9-19(17)21)20-10-11-26-25(30-20)31-22-13-27-32-16(22)3/h8-15,21H,4-7H2,1-3H3,(H,27,32)(H,29,35)(H,26,30,31). The van der Waals surface area contributed by atoms with Gasteiger partial charge in [-0.15, -0.1) is 5.10 Å². The zero-order valence-electron chi connectivity index (χ0n) is 20.1. The van der Waals surface area contributed by atoms with Crippen LogP contribution in [0.1, 0.15) is 72.5 Å². The van der Waals surface area contributed by atoms with Crippen molar-refractivity contribution in [3.05, 3.63) is 65.4 Å². The van der Waals surface area contributed by atoms with Gasteiger partial charge in [-0.2, -0.15) is 15.0 Å². The number of aromatic nitrogens is 7. The molecule has 1 aromatic carbocycles. The Bertz CT molecular complexity index is 1340. The monoisotopic (exact) mass is 471 g/mol. The van der Waals surface area contributed by atoms with E-state index >= 15 is 0 Å². The topological polar surface area (TPSA) is 126 Å². The molecule has 10 nitrogen and oxygen atoms in total. The van der Waals surface area contributed by atoms with Gasteiger partial charge in [0, 0.05) is 11.8 Å². The molecule has 35 heavy (non-hydrogen) atoms. The summed E-state index contributed by atoms with van der Waals surface area (Å²) >= 11 is 0. The number of aryl methyl sites for hydroxylation is 2. The maximum absolute atomic E-state index is 12.9. The second kappa shape index (κ2) is 9.65. The number of rotatable bonds is 6. The molecule has 1 atom stereocenters. The number of hydrogen-bond acceptors (Lipinski definition) is 7. The molecular weight excluding hydrogens is 442 g/mol. The van der Waals surface area contributed by atoms with Crippen LogP contribution in [-0.4, -0.2) is 41.1 Å². The highest BCUT2D eigenvalue weighted by molar-refractivity contribution is 5.92. The van der Waals surface area contributed by atoms with Gasteiger partial charge >= 0.3 is 0 Å². The average molecular weight is 472 g/mol. The minimum absolute atomic E-state index is 0.0649. The first kappa shape index (κ1) is 22.7. The van der Waals surface area contributed by atoms with Gasteiger partial charge in [-0.05, 0) is 63.3 Å². The highest BCUT2D eigenvalue weighted by atomic mass is 16.2. The Morgan fingerprint density at radius 2 is 2.09 bits per heavy atom. The molecular formula is C25H29N9O. The molecule has 0 spiro atoms. The van der Waals surface area contributed by atoms with Crippen LogP contribution in [0.15, 0.2) is 42.9 Å². The lowest BCUT2D eigenvalue weighted by atomic mass is 9.95. The zero-order valence-corrected chi connectivity index (χ0v) is 20.1. The second-order valence-electron chi connectivity index (χ2n) is 9.13. The molecule has 0 fully saturated rings. The van der Waals surface area contributed by atoms with Crippen LogP contribution in [0.3, 0.4) is 0 Å². The van der Waals surface area contributed by atoms with Crippen molar-refractivity contribution >= 4 is 17.5 Å². The number of fused-ring (bicyclic) bond motifs is 1. The van der Waals surface area contributed by atoms with Crippen molar-refractivity contribution in [1.82, 2.24) is 40.5 Å². The molecule has 1 unspecified atom stereocenters. The minimum Gasteiger partial charge on any atom is -0.344 e. The van der Waals surface area contributed by atoms with E-state index < -0.39 is 0 Å². The molecule has 1 amide bonds. The number of carbonyl (C=O) groups excluding carboxylic acids is 1. The third-order valence-electron chi connectivity index (χ3n) is 6.24. The predicted molar refractivity (Wildman–Crippen MR) is 132 cm³/mol. The minimum atomic E-state index is -0.195. The Hall–Kier alpha value is -4.08. The molecule has 1 aliphatic carbocycles. The lowest BCUT2D eigenvalue weighted by Gasteiger charge is -2.19. The van der Waals surface area contributed by atoms with Crippen LogP contribution >= 0.6 is 0 Å². The van der Waals surface area contributed by atoms with Crippen LogP contribution in [0.2, 0.25) is 0 Å². The van der Waals surface area contributed by atoms with Crippen molar-refractivity contribution in [2.45, 2.75) is 58.5 Å². The Morgan fingerprint density at radius 3 is 2.86 bits per heavy atom. The highest BCUT2D eigenvalue weighted by Gasteiger charge is 2.23. The van der Waals surface area contributed by atoms with Crippen molar-refractivity contribution in [1.29, 1.82) is 0 Å². The SMILES string of the molecule is Cc1[nH]ncc1Nc1nccc(-c2ccc3c(c2)CCCCC3NC(=O)c2cnn(C(C)C)n2)n1. The molecule has 3 aromatic heterocycles. The van der Waals surface area contributed by atoms with Gasteiger partial charge in [-0.1, -0.05) is 18.6 Å². The molecule has 4 aromatic rings. The van der Waals surface area contributed by atoms with E-state index in [0.717, 1.165) is 53.9 Å². The number of hydrogen-bond donors (Lipinski definition) is 3. The first-order valence-corrected chi connectivity index (χ1v) is 11.9. The van der Waals surface area contributed by atoms with E-state index in [0.29, 0.717) is 11.6 Å². The number of aromatic amines is 1. The number of nitrogens with one attached hydrogen (secondary N) is 3. The number of amides is 1. The van der Waals surface area contributed by atoms with Crippen LogP contribution in [0, 0.1) is 6.92 Å². The number of benzene rings is 1. The van der Waals surface area contributed by atoms with Crippen LogP contribution in [0.5, 0.6) is 0 Å². The van der Waals surface area contributed by atoms with Gasteiger partial charge in [0.25, 0.3) is 5.91 Å². The van der Waals surface area contributed by atoms with Gasteiger partial charge < -0.3 is 10.6 Å². The quantitative estimate of drug-likeness (QED) is 0.358. The predicted octanol–water partition coefficient (Wildman–Crippen LogP) is 4.29. The first-order valence-electron chi connectivity index (χ1n) is 11.9. The summed E-state index contributed by atoms with van der Waals surface area (Å²) in [6.07, 6.45) is 8.96. The van der Waals surface area contributed by atoms with Crippen molar-refractivity contribution in [3.8, 4) is 11.3 Å². The molecule has 0 radical (unpaired) electrons. The lowest BCUT2D eigenvalue weighted by Crippen LogP contribution is -2.29. The maximum atomic E-state index is 12.9. The number of nitrogens with zero attached hydrogens (tertiary/aromatic N) is 6. The average Bonchev–Trinajstić information content (AvgIpc) is 3.46. The van der Waals surface area contributed by atoms with Crippen molar-refractivity contribution in [2.24, 2.45) is 0 Å². The van der Waals surface area contributed by atoms with E-state index in [-0.39, 0.29) is 18.0 Å². The van der Waals surface area contributed by atoms with Crippen LogP contribution in [0.4, 0.5) is 11.6 Å². The zero-order chi connectivity index (χ0) is 24.4. The Morgan fingerprint density at radius 1 is 1.20 bits per heavy atom. The van der Waals surface area contributed by atoms with Crippen molar-refractivity contribution in [3.63, 3.8) is 0 Å². The van der Waals surface area contributed by atoms with E-state index in [4.69, 9.17) is 4.98 Å². The van der Waals surface area contributed by atoms with Crippen LogP contribution in [-0.2, 0) is 6.42 Å². The van der Waals surface area contributed by atoms with E-state index in [9.17, 15) is 4.79 Å². The van der Waals surface area contributed by atoms with Crippen LogP contribution < -0.4 is 10.6 Å². The molecule has 0 bridgehead atoms. The fourth-order valence-corrected chi connectivity index (χ4v) is 4.33. The molecule has 180 valence electrons. The summed E-state index contributed by atoms with van der Waals surface area (Å²) in [5, 5.41) is 21.8. The summed E-state index contributed by atoms with van der Waals surface area (Å²) in [4.78, 5) is 23.5. The number of anilines is 2. The van der Waals surface area contributed by atoms with Crippen molar-refractivity contribution in [2.75, 3.05) is 5.32 Å². The van der Waals surface area contributed by atoms with Gasteiger partial charge in [0.1, 0.15) is 0 Å². The van der Waals surface area contributed by atoms with E-state index in [1.165, 1.54) is 11.8 Å². The summed E-state index contributed by atoms with van der Waals surface area (Å²) in [7, 11) is 0. The summed E-state index contributed by atoms with van der Waals surface area (Å²) in [5.41, 5.74) is 6.34. The molecule has 0 saturated heterocycles. The largest absolute Gasteiger partial charge is 0.344 e. The highest BCUT2D eigenvalue weighted by Crippen LogP contribution is 2.32. The van der Waals surface area contributed by atoms with Gasteiger partial charge in [0.15, 0.2) is 5.69 Å². The molecule has 0 saturated carbocycles. The summed E-state index contributed by atoms with van der Waals surface area (Å²) in [5.74, 6) is 0.321. The summed E-state index contributed by atoms with van der Waals surface area (Å²) < 4.78 is 0. The summed E-state index contributed by atoms with van der Waals surface area (Å²) in [6, 6.07) is 8.31. The van der Waals surface area contributed by atoms with E-state index in [1.807, 2.05) is 26.8 Å². The number of carbonyl (C=O) groups is 1. The Balaban J connectivity index is 1.37. The maximum Gasteiger partial charge on any atom is 0.273 e. The lowest BCUT2D eigenvalue weighted by molar-refractivity contribution is 0.0928. The smallest absolute Gasteiger partial charge is 0.273 e. The summed E-state index contributed by atoms with van der Waals surface area (Å²) in [6.45, 7) is 5.90. The fourth-order valence-electron chi connectivity index (χ4n) is 4.33. The third-order valence-corrected chi connectivity index (χ3v) is 6.24. The molecule has 3 N–H and O–H groups in total. The van der Waals surface area contributed by atoms with E-state index in [2.05, 4.69) is 54.2 Å².